The summed E-state index contributed by atoms with van der Waals surface area (Å²) in [5, 5.41) is 0. The van der Waals surface area contributed by atoms with Gasteiger partial charge in [0.15, 0.2) is 0 Å². The van der Waals surface area contributed by atoms with E-state index in [9.17, 15) is 0 Å². The molecule has 1 atom stereocenters. The van der Waals surface area contributed by atoms with Crippen LogP contribution in [-0.2, 0) is 6.42 Å². The minimum Gasteiger partial charge on any atom is -0.327 e. The lowest BCUT2D eigenvalue weighted by molar-refractivity contribution is 0.323. The summed E-state index contributed by atoms with van der Waals surface area (Å²) in [4.78, 5) is 1.33. The van der Waals surface area contributed by atoms with Crippen LogP contribution in [0, 0.1) is 5.92 Å². The second-order valence-corrected chi connectivity index (χ2v) is 7.05. The van der Waals surface area contributed by atoms with E-state index < -0.39 is 0 Å². The molecule has 0 saturated heterocycles. The molecule has 1 nitrogen and oxygen atoms in total. The first-order chi connectivity index (χ1) is 8.24. The fourth-order valence-corrected chi connectivity index (χ4v) is 3.93. The van der Waals surface area contributed by atoms with Gasteiger partial charge in [-0.05, 0) is 37.3 Å². The van der Waals surface area contributed by atoms with Crippen molar-refractivity contribution in [1.82, 2.24) is 0 Å². The van der Waals surface area contributed by atoms with Crippen LogP contribution < -0.4 is 5.73 Å². The maximum Gasteiger partial charge on any atom is 0.0931 e. The van der Waals surface area contributed by atoms with Gasteiger partial charge in [0, 0.05) is 10.9 Å². The summed E-state index contributed by atoms with van der Waals surface area (Å²) in [6.07, 6.45) is 10.6. The van der Waals surface area contributed by atoms with Crippen LogP contribution >= 0.6 is 22.9 Å². The van der Waals surface area contributed by atoms with Gasteiger partial charge in [-0.3, -0.25) is 0 Å². The quantitative estimate of drug-likeness (QED) is 0.830. The van der Waals surface area contributed by atoms with E-state index in [0.29, 0.717) is 6.04 Å². The Bertz CT molecular complexity index is 331. The van der Waals surface area contributed by atoms with E-state index >= 15 is 0 Å². The molecular weight excluding hydrogens is 250 g/mol. The molecule has 1 aromatic heterocycles. The summed E-state index contributed by atoms with van der Waals surface area (Å²) in [5.41, 5.74) is 6.20. The van der Waals surface area contributed by atoms with E-state index in [0.717, 1.165) is 16.7 Å². The highest BCUT2D eigenvalue weighted by atomic mass is 35.5. The van der Waals surface area contributed by atoms with E-state index in [2.05, 4.69) is 6.07 Å². The average Bonchev–Trinajstić information content (AvgIpc) is 2.73. The van der Waals surface area contributed by atoms with Crippen molar-refractivity contribution in [3.63, 3.8) is 0 Å². The van der Waals surface area contributed by atoms with Gasteiger partial charge < -0.3 is 5.73 Å². The molecule has 0 amide bonds. The van der Waals surface area contributed by atoms with Crippen LogP contribution in [0.5, 0.6) is 0 Å². The molecule has 96 valence electrons. The van der Waals surface area contributed by atoms with Crippen molar-refractivity contribution in [3.8, 4) is 0 Å². The lowest BCUT2D eigenvalue weighted by Gasteiger charge is -2.22. The minimum absolute atomic E-state index is 0.312. The summed E-state index contributed by atoms with van der Waals surface area (Å²) in [7, 11) is 0. The fraction of sp³-hybridized carbons (Fsp3) is 0.714. The average molecular weight is 272 g/mol. The van der Waals surface area contributed by atoms with Crippen LogP contribution in [-0.4, -0.2) is 6.04 Å². The number of rotatable bonds is 5. The van der Waals surface area contributed by atoms with Crippen molar-refractivity contribution < 1.29 is 0 Å². The van der Waals surface area contributed by atoms with Crippen molar-refractivity contribution in [2.75, 3.05) is 0 Å². The molecule has 1 fully saturated rings. The van der Waals surface area contributed by atoms with Gasteiger partial charge in [0.05, 0.1) is 4.34 Å². The molecular formula is C14H22ClNS. The number of halogens is 1. The number of hydrogen-bond acceptors (Lipinski definition) is 2. The maximum atomic E-state index is 6.20. The van der Waals surface area contributed by atoms with Gasteiger partial charge in [-0.2, -0.15) is 0 Å². The third-order valence-corrected chi connectivity index (χ3v) is 5.02. The Morgan fingerprint density at radius 2 is 2.06 bits per heavy atom. The predicted molar refractivity (Wildman–Crippen MR) is 76.8 cm³/mol. The Morgan fingerprint density at radius 3 is 2.71 bits per heavy atom. The Morgan fingerprint density at radius 1 is 1.29 bits per heavy atom. The van der Waals surface area contributed by atoms with Crippen LogP contribution in [0.4, 0.5) is 0 Å². The van der Waals surface area contributed by atoms with E-state index in [-0.39, 0.29) is 0 Å². The fourth-order valence-electron chi connectivity index (χ4n) is 2.75. The predicted octanol–water partition coefficient (Wildman–Crippen LogP) is 4.63. The van der Waals surface area contributed by atoms with Crippen molar-refractivity contribution in [2.45, 2.75) is 57.4 Å². The monoisotopic (exact) mass is 271 g/mol. The van der Waals surface area contributed by atoms with Crippen molar-refractivity contribution in [1.29, 1.82) is 0 Å². The van der Waals surface area contributed by atoms with E-state index in [1.54, 1.807) is 11.3 Å². The molecule has 0 aliphatic heterocycles. The Kier molecular flexibility index (Phi) is 5.33. The lowest BCUT2D eigenvalue weighted by Crippen LogP contribution is -2.23. The van der Waals surface area contributed by atoms with Gasteiger partial charge in [0.2, 0.25) is 0 Å². The third kappa shape index (κ3) is 4.61. The number of thiophene rings is 1. The highest BCUT2D eigenvalue weighted by molar-refractivity contribution is 7.16. The normalized spacial score (nSPS) is 19.4. The van der Waals surface area contributed by atoms with Crippen LogP contribution in [0.2, 0.25) is 4.34 Å². The van der Waals surface area contributed by atoms with Gasteiger partial charge in [-0.1, -0.05) is 43.7 Å². The molecule has 1 aliphatic carbocycles. The Hall–Kier alpha value is -0.0500. The largest absolute Gasteiger partial charge is 0.327 e. The molecule has 3 heteroatoms. The maximum absolute atomic E-state index is 6.20. The van der Waals surface area contributed by atoms with Crippen LogP contribution in [0.25, 0.3) is 0 Å². The van der Waals surface area contributed by atoms with E-state index in [4.69, 9.17) is 17.3 Å². The first kappa shape index (κ1) is 13.4. The van der Waals surface area contributed by atoms with Gasteiger partial charge >= 0.3 is 0 Å². The summed E-state index contributed by atoms with van der Waals surface area (Å²) in [6.45, 7) is 0. The SMILES string of the molecule is NC(CCC1CCCCC1)Cc1ccc(Cl)s1. The topological polar surface area (TPSA) is 26.0 Å². The molecule has 17 heavy (non-hydrogen) atoms. The summed E-state index contributed by atoms with van der Waals surface area (Å²) < 4.78 is 0.875. The zero-order valence-electron chi connectivity index (χ0n) is 10.3. The molecule has 2 N–H and O–H groups in total. The molecule has 1 unspecified atom stereocenters. The molecule has 0 radical (unpaired) electrons. The molecule has 1 saturated carbocycles. The van der Waals surface area contributed by atoms with Gasteiger partial charge in [-0.15, -0.1) is 11.3 Å². The standard InChI is InChI=1S/C14H22ClNS/c15-14-9-8-13(17-14)10-12(16)7-6-11-4-2-1-3-5-11/h8-9,11-12H,1-7,10,16H2. The third-order valence-electron chi connectivity index (χ3n) is 3.76. The van der Waals surface area contributed by atoms with E-state index in [1.807, 2.05) is 6.07 Å². The zero-order valence-corrected chi connectivity index (χ0v) is 11.9. The zero-order chi connectivity index (χ0) is 12.1. The first-order valence-electron chi connectivity index (χ1n) is 6.74. The van der Waals surface area contributed by atoms with Gasteiger partial charge in [0.25, 0.3) is 0 Å². The van der Waals surface area contributed by atoms with E-state index in [1.165, 1.54) is 49.8 Å². The molecule has 0 spiro atoms. The summed E-state index contributed by atoms with van der Waals surface area (Å²) >= 11 is 7.58. The summed E-state index contributed by atoms with van der Waals surface area (Å²) in [5.74, 6) is 0.946. The van der Waals surface area contributed by atoms with Crippen LogP contribution in [0.1, 0.15) is 49.8 Å². The summed E-state index contributed by atoms with van der Waals surface area (Å²) in [6, 6.07) is 4.38. The molecule has 1 aliphatic rings. The second-order valence-electron chi connectivity index (χ2n) is 5.25. The molecule has 1 heterocycles. The van der Waals surface area contributed by atoms with Crippen LogP contribution in [0.15, 0.2) is 12.1 Å². The number of nitrogens with two attached hydrogens (primary N) is 1. The van der Waals surface area contributed by atoms with Crippen molar-refractivity contribution in [2.24, 2.45) is 11.7 Å². The van der Waals surface area contributed by atoms with Gasteiger partial charge in [-0.25, -0.2) is 0 Å². The highest BCUT2D eigenvalue weighted by Crippen LogP contribution is 2.28. The van der Waals surface area contributed by atoms with Crippen molar-refractivity contribution >= 4 is 22.9 Å². The molecule has 0 bridgehead atoms. The molecule has 1 aromatic rings. The van der Waals surface area contributed by atoms with Crippen molar-refractivity contribution in [3.05, 3.63) is 21.3 Å². The van der Waals surface area contributed by atoms with Gasteiger partial charge in [0.1, 0.15) is 0 Å². The Labute approximate surface area is 113 Å². The molecule has 2 rings (SSSR count). The second kappa shape index (κ2) is 6.77. The molecule has 0 aromatic carbocycles. The van der Waals surface area contributed by atoms with Crippen LogP contribution in [0.3, 0.4) is 0 Å². The first-order valence-corrected chi connectivity index (χ1v) is 7.93. The smallest absolute Gasteiger partial charge is 0.0931 e. The Balaban J connectivity index is 1.68. The number of hydrogen-bond donors (Lipinski definition) is 1. The lowest BCUT2D eigenvalue weighted by atomic mass is 9.85. The highest BCUT2D eigenvalue weighted by Gasteiger charge is 2.15. The minimum atomic E-state index is 0.312.